The van der Waals surface area contributed by atoms with Gasteiger partial charge < -0.3 is 0 Å². The smallest absolute Gasteiger partial charge is 0.0912 e. The lowest BCUT2D eigenvalue weighted by Crippen LogP contribution is -1.97. The van der Waals surface area contributed by atoms with Crippen molar-refractivity contribution in [1.29, 1.82) is 0 Å². The summed E-state index contributed by atoms with van der Waals surface area (Å²) in [6.45, 7) is 3.22. The molecular weight excluding hydrogens is 124 g/mol. The van der Waals surface area contributed by atoms with Crippen molar-refractivity contribution in [3.63, 3.8) is 0 Å². The summed E-state index contributed by atoms with van der Waals surface area (Å²) in [4.78, 5) is 9.32. The highest BCUT2D eigenvalue weighted by molar-refractivity contribution is 7.98. The summed E-state index contributed by atoms with van der Waals surface area (Å²) in [6, 6.07) is 0. The summed E-state index contributed by atoms with van der Waals surface area (Å²) >= 11 is 1.75. The maximum absolute atomic E-state index is 4.70. The highest BCUT2D eigenvalue weighted by atomic mass is 32.2. The Bertz CT molecular complexity index is 35.4. The quantitative estimate of drug-likeness (QED) is 0.322. The Morgan fingerprint density at radius 3 is 2.62 bits per heavy atom. The Morgan fingerprint density at radius 2 is 2.12 bits per heavy atom. The molecule has 2 nitrogen and oxygen atoms in total. The molecule has 0 rings (SSSR count). The van der Waals surface area contributed by atoms with Crippen molar-refractivity contribution in [1.82, 2.24) is 0 Å². The third-order valence-corrected chi connectivity index (χ3v) is 1.15. The minimum Gasteiger partial charge on any atom is -0.237 e. The second-order valence-electron chi connectivity index (χ2n) is 1.22. The molecule has 0 atom stereocenters. The molecule has 0 aromatic heterocycles. The van der Waals surface area contributed by atoms with Crippen LogP contribution < -0.4 is 0 Å². The minimum absolute atomic E-state index is 0.633. The molecule has 0 radical (unpaired) electrons. The number of thioether (sulfide) groups is 1. The third-order valence-electron chi connectivity index (χ3n) is 0.572. The largest absolute Gasteiger partial charge is 0.237 e. The van der Waals surface area contributed by atoms with Gasteiger partial charge in [-0.05, 0) is 13.2 Å². The van der Waals surface area contributed by atoms with Crippen LogP contribution in [0.2, 0.25) is 0 Å². The maximum Gasteiger partial charge on any atom is 0.0912 e. The van der Waals surface area contributed by atoms with Crippen molar-refractivity contribution in [3.05, 3.63) is 0 Å². The number of hydrogen-bond donors (Lipinski definition) is 0. The van der Waals surface area contributed by atoms with Crippen LogP contribution in [0.5, 0.6) is 0 Å². The monoisotopic (exact) mass is 136 g/mol. The topological polar surface area (TPSA) is 18.5 Å². The van der Waals surface area contributed by atoms with E-state index >= 15 is 0 Å². The molecule has 0 spiro atoms. The van der Waals surface area contributed by atoms with E-state index < -0.39 is 0 Å². The van der Waals surface area contributed by atoms with Gasteiger partial charge in [-0.3, -0.25) is 0 Å². The zero-order valence-corrected chi connectivity index (χ0v) is 6.16. The molecule has 0 bridgehead atoms. The SMILES string of the molecule is CCOOCCSC. The zero-order valence-electron chi connectivity index (χ0n) is 5.35. The second kappa shape index (κ2) is 7.27. The predicted molar refractivity (Wildman–Crippen MR) is 36.0 cm³/mol. The van der Waals surface area contributed by atoms with Gasteiger partial charge in [0.2, 0.25) is 0 Å². The van der Waals surface area contributed by atoms with E-state index in [4.69, 9.17) is 4.89 Å². The van der Waals surface area contributed by atoms with Gasteiger partial charge in [0.25, 0.3) is 0 Å². The van der Waals surface area contributed by atoms with Crippen molar-refractivity contribution in [2.45, 2.75) is 6.92 Å². The summed E-state index contributed by atoms with van der Waals surface area (Å²) in [7, 11) is 0. The lowest BCUT2D eigenvalue weighted by Gasteiger charge is -1.97. The van der Waals surface area contributed by atoms with Gasteiger partial charge in [-0.1, -0.05) is 0 Å². The fourth-order valence-corrected chi connectivity index (χ4v) is 0.494. The first-order chi connectivity index (χ1) is 3.91. The van der Waals surface area contributed by atoms with Gasteiger partial charge in [-0.25, -0.2) is 9.78 Å². The Balaban J connectivity index is 2.53. The van der Waals surface area contributed by atoms with Gasteiger partial charge in [0.05, 0.1) is 13.2 Å². The molecule has 3 heteroatoms. The molecule has 0 aliphatic rings. The molecule has 0 aliphatic carbocycles. The number of rotatable bonds is 5. The molecule has 0 aromatic rings. The van der Waals surface area contributed by atoms with E-state index in [1.54, 1.807) is 11.8 Å². The van der Waals surface area contributed by atoms with Crippen LogP contribution in [0.1, 0.15) is 6.92 Å². The Labute approximate surface area is 54.5 Å². The van der Waals surface area contributed by atoms with E-state index in [0.717, 1.165) is 5.75 Å². The van der Waals surface area contributed by atoms with Crippen molar-refractivity contribution in [2.24, 2.45) is 0 Å². The maximum atomic E-state index is 4.70. The van der Waals surface area contributed by atoms with Gasteiger partial charge in [0.1, 0.15) is 0 Å². The van der Waals surface area contributed by atoms with E-state index in [0.29, 0.717) is 13.2 Å². The Kier molecular flexibility index (Phi) is 7.52. The molecule has 8 heavy (non-hydrogen) atoms. The molecule has 0 saturated heterocycles. The fourth-order valence-electron chi connectivity index (χ4n) is 0.260. The van der Waals surface area contributed by atoms with Crippen LogP contribution in [-0.4, -0.2) is 25.2 Å². The molecule has 0 saturated carbocycles. The Hall–Kier alpha value is 0.270. The summed E-state index contributed by atoms with van der Waals surface area (Å²) in [5, 5.41) is 0. The van der Waals surface area contributed by atoms with Crippen LogP contribution >= 0.6 is 11.8 Å². The summed E-state index contributed by atoms with van der Waals surface area (Å²) in [5.41, 5.74) is 0. The van der Waals surface area contributed by atoms with Crippen LogP contribution in [0.15, 0.2) is 0 Å². The molecule has 0 fully saturated rings. The second-order valence-corrected chi connectivity index (χ2v) is 2.21. The van der Waals surface area contributed by atoms with Crippen molar-refractivity contribution >= 4 is 11.8 Å². The van der Waals surface area contributed by atoms with E-state index in [-0.39, 0.29) is 0 Å². The molecule has 0 amide bonds. The highest BCUT2D eigenvalue weighted by Crippen LogP contribution is 1.90. The Morgan fingerprint density at radius 1 is 1.38 bits per heavy atom. The molecule has 0 aromatic carbocycles. The number of hydrogen-bond acceptors (Lipinski definition) is 3. The van der Waals surface area contributed by atoms with Gasteiger partial charge in [0.15, 0.2) is 0 Å². The predicted octanol–water partition coefficient (Wildman–Crippen LogP) is 1.32. The van der Waals surface area contributed by atoms with E-state index in [2.05, 4.69) is 4.89 Å². The van der Waals surface area contributed by atoms with Crippen LogP contribution in [0, 0.1) is 0 Å². The average Bonchev–Trinajstić information content (AvgIpc) is 1.81. The first kappa shape index (κ1) is 8.27. The zero-order chi connectivity index (χ0) is 6.24. The molecule has 0 heterocycles. The summed E-state index contributed by atoms with van der Waals surface area (Å²) in [6.07, 6.45) is 2.04. The summed E-state index contributed by atoms with van der Waals surface area (Å²) < 4.78 is 0. The van der Waals surface area contributed by atoms with Crippen LogP contribution in [0.4, 0.5) is 0 Å². The molecule has 0 unspecified atom stereocenters. The third kappa shape index (κ3) is 6.27. The van der Waals surface area contributed by atoms with Crippen molar-refractivity contribution in [3.8, 4) is 0 Å². The van der Waals surface area contributed by atoms with Crippen LogP contribution in [0.3, 0.4) is 0 Å². The van der Waals surface area contributed by atoms with E-state index in [1.807, 2.05) is 13.2 Å². The van der Waals surface area contributed by atoms with Gasteiger partial charge in [-0.15, -0.1) is 0 Å². The van der Waals surface area contributed by atoms with E-state index in [9.17, 15) is 0 Å². The first-order valence-corrected chi connectivity index (χ1v) is 4.04. The molecular formula is C5H12O2S. The first-order valence-electron chi connectivity index (χ1n) is 2.65. The standard InChI is InChI=1S/C5H12O2S/c1-3-6-7-4-5-8-2/h3-5H2,1-2H3. The van der Waals surface area contributed by atoms with Gasteiger partial charge in [0, 0.05) is 5.75 Å². The van der Waals surface area contributed by atoms with Gasteiger partial charge in [-0.2, -0.15) is 11.8 Å². The lowest BCUT2D eigenvalue weighted by atomic mass is 10.9. The lowest BCUT2D eigenvalue weighted by molar-refractivity contribution is -0.286. The van der Waals surface area contributed by atoms with Gasteiger partial charge >= 0.3 is 0 Å². The van der Waals surface area contributed by atoms with Crippen molar-refractivity contribution < 1.29 is 9.78 Å². The molecule has 0 aliphatic heterocycles. The molecule has 50 valence electrons. The molecule has 0 N–H and O–H groups in total. The summed E-state index contributed by atoms with van der Waals surface area (Å²) in [5.74, 6) is 1.00. The van der Waals surface area contributed by atoms with Crippen LogP contribution in [-0.2, 0) is 9.78 Å². The minimum atomic E-state index is 0.633. The fraction of sp³-hybridized carbons (Fsp3) is 1.00. The average molecular weight is 136 g/mol. The van der Waals surface area contributed by atoms with Crippen molar-refractivity contribution in [2.75, 3.05) is 25.2 Å². The van der Waals surface area contributed by atoms with Crippen LogP contribution in [0.25, 0.3) is 0 Å². The highest BCUT2D eigenvalue weighted by Gasteiger charge is 1.82. The van der Waals surface area contributed by atoms with E-state index in [1.165, 1.54) is 0 Å². The normalized spacial score (nSPS) is 9.75.